The van der Waals surface area contributed by atoms with Gasteiger partial charge in [0.2, 0.25) is 5.95 Å². The van der Waals surface area contributed by atoms with Crippen molar-refractivity contribution in [1.82, 2.24) is 9.97 Å². The summed E-state index contributed by atoms with van der Waals surface area (Å²) in [6.45, 7) is 3.19. The van der Waals surface area contributed by atoms with Crippen molar-refractivity contribution in [1.29, 1.82) is 0 Å². The van der Waals surface area contributed by atoms with E-state index in [-0.39, 0.29) is 0 Å². The molecule has 0 aliphatic carbocycles. The normalized spacial score (nSPS) is 26.9. The summed E-state index contributed by atoms with van der Waals surface area (Å²) in [7, 11) is 0. The Kier molecular flexibility index (Phi) is 2.33. The van der Waals surface area contributed by atoms with E-state index in [1.54, 1.807) is 12.4 Å². The lowest BCUT2D eigenvalue weighted by molar-refractivity contribution is 0.0838. The Morgan fingerprint density at radius 3 is 2.64 bits per heavy atom. The van der Waals surface area contributed by atoms with Crippen molar-refractivity contribution in [2.75, 3.05) is 18.0 Å². The number of halogens is 1. The molecule has 1 aromatic heterocycles. The Balaban J connectivity index is 2.14. The van der Waals surface area contributed by atoms with E-state index in [1.807, 2.05) is 11.8 Å². The van der Waals surface area contributed by atoms with Crippen LogP contribution in [0.2, 0.25) is 5.02 Å². The highest BCUT2D eigenvalue weighted by Crippen LogP contribution is 2.23. The van der Waals surface area contributed by atoms with Crippen molar-refractivity contribution in [3.8, 4) is 0 Å². The zero-order valence-corrected chi connectivity index (χ0v) is 8.70. The summed E-state index contributed by atoms with van der Waals surface area (Å²) in [5, 5.41) is 10.3. The van der Waals surface area contributed by atoms with Crippen LogP contribution in [0.1, 0.15) is 13.3 Å². The Bertz CT molecular complexity index is 325. The first-order chi connectivity index (χ1) is 6.57. The second-order valence-electron chi connectivity index (χ2n) is 3.87. The van der Waals surface area contributed by atoms with E-state index in [0.717, 1.165) is 13.0 Å². The first-order valence-corrected chi connectivity index (χ1v) is 4.89. The molecule has 1 saturated heterocycles. The molecule has 4 nitrogen and oxygen atoms in total. The molecule has 1 N–H and O–H groups in total. The van der Waals surface area contributed by atoms with Crippen LogP contribution in [0.4, 0.5) is 5.95 Å². The van der Waals surface area contributed by atoms with Gasteiger partial charge in [0, 0.05) is 13.1 Å². The Labute approximate surface area is 87.5 Å². The Morgan fingerprint density at radius 2 is 2.14 bits per heavy atom. The van der Waals surface area contributed by atoms with Crippen LogP contribution >= 0.6 is 11.6 Å². The zero-order valence-electron chi connectivity index (χ0n) is 7.94. The van der Waals surface area contributed by atoms with Gasteiger partial charge in [-0.3, -0.25) is 0 Å². The summed E-state index contributed by atoms with van der Waals surface area (Å²) in [4.78, 5) is 10.1. The van der Waals surface area contributed by atoms with Gasteiger partial charge in [-0.05, 0) is 13.3 Å². The van der Waals surface area contributed by atoms with E-state index < -0.39 is 5.60 Å². The number of β-amino-alcohol motifs (C(OH)–C–C–N with tert-alkyl or cyclic N) is 1. The fourth-order valence-corrected chi connectivity index (χ4v) is 1.68. The average molecular weight is 214 g/mol. The molecule has 1 fully saturated rings. The SMILES string of the molecule is CC1(O)CCN(c2ncc(Cl)cn2)C1. The summed E-state index contributed by atoms with van der Waals surface area (Å²) < 4.78 is 0. The number of anilines is 1. The monoisotopic (exact) mass is 213 g/mol. The molecule has 1 aromatic rings. The lowest BCUT2D eigenvalue weighted by Gasteiger charge is -2.18. The van der Waals surface area contributed by atoms with Gasteiger partial charge in [-0.2, -0.15) is 0 Å². The van der Waals surface area contributed by atoms with Crippen LogP contribution in [0.3, 0.4) is 0 Å². The molecule has 0 radical (unpaired) electrons. The van der Waals surface area contributed by atoms with Crippen molar-refractivity contribution in [3.63, 3.8) is 0 Å². The molecule has 5 heteroatoms. The fraction of sp³-hybridized carbons (Fsp3) is 0.556. The molecule has 1 aliphatic heterocycles. The number of aliphatic hydroxyl groups is 1. The summed E-state index contributed by atoms with van der Waals surface area (Å²) in [6, 6.07) is 0. The van der Waals surface area contributed by atoms with Gasteiger partial charge in [0.25, 0.3) is 0 Å². The molecule has 76 valence electrons. The molecule has 0 saturated carbocycles. The lowest BCUT2D eigenvalue weighted by Crippen LogP contribution is -2.30. The molecule has 0 aromatic carbocycles. The van der Waals surface area contributed by atoms with Gasteiger partial charge in [0.05, 0.1) is 23.0 Å². The summed E-state index contributed by atoms with van der Waals surface area (Å²) >= 11 is 5.68. The van der Waals surface area contributed by atoms with Crippen molar-refractivity contribution < 1.29 is 5.11 Å². The van der Waals surface area contributed by atoms with Crippen LogP contribution in [0, 0.1) is 0 Å². The third-order valence-electron chi connectivity index (χ3n) is 2.34. The molecule has 0 bridgehead atoms. The maximum atomic E-state index is 9.76. The topological polar surface area (TPSA) is 49.2 Å². The number of hydrogen-bond donors (Lipinski definition) is 1. The van der Waals surface area contributed by atoms with Gasteiger partial charge in [-0.15, -0.1) is 0 Å². The molecule has 1 atom stereocenters. The van der Waals surface area contributed by atoms with Crippen LogP contribution in [0.5, 0.6) is 0 Å². The first kappa shape index (κ1) is 9.68. The molecule has 0 amide bonds. The van der Waals surface area contributed by atoms with Crippen LogP contribution in [0.15, 0.2) is 12.4 Å². The standard InChI is InChI=1S/C9H12ClN3O/c1-9(14)2-3-13(6-9)8-11-4-7(10)5-12-8/h4-5,14H,2-3,6H2,1H3. The third-order valence-corrected chi connectivity index (χ3v) is 2.54. The highest BCUT2D eigenvalue weighted by molar-refractivity contribution is 6.30. The first-order valence-electron chi connectivity index (χ1n) is 4.52. The van der Waals surface area contributed by atoms with Gasteiger partial charge < -0.3 is 10.0 Å². The molecular weight excluding hydrogens is 202 g/mol. The third kappa shape index (κ3) is 1.96. The van der Waals surface area contributed by atoms with Crippen molar-refractivity contribution in [2.24, 2.45) is 0 Å². The van der Waals surface area contributed by atoms with Crippen LogP contribution < -0.4 is 4.90 Å². The minimum absolute atomic E-state index is 0.528. The second-order valence-corrected chi connectivity index (χ2v) is 4.31. The zero-order chi connectivity index (χ0) is 10.2. The summed E-state index contributed by atoms with van der Waals surface area (Å²) in [5.74, 6) is 0.632. The number of rotatable bonds is 1. The van der Waals surface area contributed by atoms with Crippen molar-refractivity contribution in [3.05, 3.63) is 17.4 Å². The minimum atomic E-state index is -0.622. The Hall–Kier alpha value is -0.870. The average Bonchev–Trinajstić information content (AvgIpc) is 2.47. The smallest absolute Gasteiger partial charge is 0.225 e. The number of aromatic nitrogens is 2. The Morgan fingerprint density at radius 1 is 1.50 bits per heavy atom. The second kappa shape index (κ2) is 3.37. The van der Waals surface area contributed by atoms with E-state index >= 15 is 0 Å². The van der Waals surface area contributed by atoms with Gasteiger partial charge >= 0.3 is 0 Å². The molecule has 0 spiro atoms. The number of hydrogen-bond acceptors (Lipinski definition) is 4. The quantitative estimate of drug-likeness (QED) is 0.759. The largest absolute Gasteiger partial charge is 0.388 e. The minimum Gasteiger partial charge on any atom is -0.388 e. The predicted molar refractivity (Wildman–Crippen MR) is 54.5 cm³/mol. The summed E-state index contributed by atoms with van der Waals surface area (Å²) in [5.41, 5.74) is -0.622. The summed E-state index contributed by atoms with van der Waals surface area (Å²) in [6.07, 6.45) is 3.88. The van der Waals surface area contributed by atoms with Crippen LogP contribution in [-0.2, 0) is 0 Å². The van der Waals surface area contributed by atoms with E-state index in [0.29, 0.717) is 17.5 Å². The highest BCUT2D eigenvalue weighted by Gasteiger charge is 2.32. The van der Waals surface area contributed by atoms with Crippen molar-refractivity contribution >= 4 is 17.5 Å². The van der Waals surface area contributed by atoms with Crippen LogP contribution in [-0.4, -0.2) is 33.8 Å². The predicted octanol–water partition coefficient (Wildman–Crippen LogP) is 1.09. The maximum absolute atomic E-state index is 9.76. The molecule has 2 heterocycles. The molecule has 2 rings (SSSR count). The molecule has 1 aliphatic rings. The van der Waals surface area contributed by atoms with Gasteiger partial charge in [0.1, 0.15) is 0 Å². The van der Waals surface area contributed by atoms with E-state index in [2.05, 4.69) is 9.97 Å². The van der Waals surface area contributed by atoms with Gasteiger partial charge in [-0.25, -0.2) is 9.97 Å². The van der Waals surface area contributed by atoms with Crippen LogP contribution in [0.25, 0.3) is 0 Å². The fourth-order valence-electron chi connectivity index (χ4n) is 1.58. The maximum Gasteiger partial charge on any atom is 0.225 e. The van der Waals surface area contributed by atoms with E-state index in [1.165, 1.54) is 0 Å². The molecular formula is C9H12ClN3O. The van der Waals surface area contributed by atoms with Gasteiger partial charge in [0.15, 0.2) is 0 Å². The molecule has 14 heavy (non-hydrogen) atoms. The van der Waals surface area contributed by atoms with E-state index in [4.69, 9.17) is 11.6 Å². The highest BCUT2D eigenvalue weighted by atomic mass is 35.5. The van der Waals surface area contributed by atoms with Crippen molar-refractivity contribution in [2.45, 2.75) is 18.9 Å². The van der Waals surface area contributed by atoms with E-state index in [9.17, 15) is 5.11 Å². The lowest BCUT2D eigenvalue weighted by atomic mass is 10.1. The number of nitrogens with zero attached hydrogens (tertiary/aromatic N) is 3. The van der Waals surface area contributed by atoms with Gasteiger partial charge in [-0.1, -0.05) is 11.6 Å². The molecule has 1 unspecified atom stereocenters.